The molecule has 124 valence electrons. The monoisotopic (exact) mass is 343 g/mol. The van der Waals surface area contributed by atoms with Crippen LogP contribution < -0.4 is 5.32 Å². The number of esters is 1. The van der Waals surface area contributed by atoms with Crippen LogP contribution in [0.3, 0.4) is 0 Å². The van der Waals surface area contributed by atoms with Gasteiger partial charge in [0.25, 0.3) is 5.91 Å². The number of benzene rings is 1. The van der Waals surface area contributed by atoms with Gasteiger partial charge in [0.05, 0.1) is 0 Å². The summed E-state index contributed by atoms with van der Waals surface area (Å²) in [5.41, 5.74) is 2.73. The molecule has 2 rings (SSSR count). The van der Waals surface area contributed by atoms with Gasteiger partial charge in [0.2, 0.25) is 0 Å². The van der Waals surface area contributed by atoms with E-state index >= 15 is 0 Å². The third kappa shape index (κ3) is 4.18. The van der Waals surface area contributed by atoms with Gasteiger partial charge in [-0.2, -0.15) is 5.26 Å². The molecule has 1 heterocycles. The number of aromatic nitrogens is 1. The van der Waals surface area contributed by atoms with Crippen molar-refractivity contribution in [2.75, 3.05) is 11.9 Å². The quantitative estimate of drug-likeness (QED) is 0.512. The van der Waals surface area contributed by atoms with Crippen molar-refractivity contribution in [3.63, 3.8) is 0 Å². The zero-order valence-electron chi connectivity index (χ0n) is 13.6. The van der Waals surface area contributed by atoms with Gasteiger partial charge in [0, 0.05) is 23.8 Å². The molecule has 1 amide bonds. The first-order chi connectivity index (χ1) is 11.4. The van der Waals surface area contributed by atoms with Crippen LogP contribution in [0, 0.1) is 24.5 Å². The maximum absolute atomic E-state index is 12.0. The van der Waals surface area contributed by atoms with Crippen LogP contribution in [0.5, 0.6) is 0 Å². The Bertz CT molecular complexity index is 798. The molecule has 0 fully saturated rings. The van der Waals surface area contributed by atoms with Gasteiger partial charge in [-0.25, -0.2) is 4.79 Å². The van der Waals surface area contributed by atoms with Crippen molar-refractivity contribution in [3.8, 4) is 5.40 Å². The molecule has 0 atom stereocenters. The van der Waals surface area contributed by atoms with Gasteiger partial charge in [0.1, 0.15) is 11.1 Å². The van der Waals surface area contributed by atoms with E-state index in [-0.39, 0.29) is 6.61 Å². The Labute approximate surface area is 144 Å². The molecule has 0 aliphatic carbocycles. The van der Waals surface area contributed by atoms with Crippen LogP contribution >= 0.6 is 11.8 Å². The standard InChI is InChI=1S/C17H17N3O3S/c1-11-7-13(24-10-18)8-12(2)16(11)19-15(21)9-23-17(22)14-5-4-6-20(14)3/h4-8H,9H2,1-3H3,(H,19,21). The fourth-order valence-electron chi connectivity index (χ4n) is 2.29. The first-order valence-corrected chi connectivity index (χ1v) is 7.99. The van der Waals surface area contributed by atoms with Gasteiger partial charge in [-0.15, -0.1) is 0 Å². The number of ether oxygens (including phenoxy) is 1. The normalized spacial score (nSPS) is 10.1. The summed E-state index contributed by atoms with van der Waals surface area (Å²) in [6.07, 6.45) is 1.73. The Kier molecular flexibility index (Phi) is 5.66. The molecule has 0 unspecified atom stereocenters. The predicted molar refractivity (Wildman–Crippen MR) is 91.7 cm³/mol. The summed E-state index contributed by atoms with van der Waals surface area (Å²) in [5.74, 6) is -0.962. The number of hydrogen-bond acceptors (Lipinski definition) is 5. The van der Waals surface area contributed by atoms with Crippen molar-refractivity contribution in [2.45, 2.75) is 18.7 Å². The van der Waals surface area contributed by atoms with Crippen molar-refractivity contribution < 1.29 is 14.3 Å². The lowest BCUT2D eigenvalue weighted by Crippen LogP contribution is -2.22. The summed E-state index contributed by atoms with van der Waals surface area (Å²) < 4.78 is 6.65. The number of carbonyl (C=O) groups excluding carboxylic acids is 2. The number of amides is 1. The molecule has 0 bridgehead atoms. The minimum Gasteiger partial charge on any atom is -0.451 e. The number of nitrogens with zero attached hydrogens (tertiary/aromatic N) is 2. The molecule has 1 N–H and O–H groups in total. The lowest BCUT2D eigenvalue weighted by Gasteiger charge is -2.13. The second kappa shape index (κ2) is 7.70. The molecule has 0 saturated heterocycles. The van der Waals surface area contributed by atoms with Crippen LogP contribution in [0.4, 0.5) is 5.69 Å². The topological polar surface area (TPSA) is 84.1 Å². The maximum atomic E-state index is 12.0. The lowest BCUT2D eigenvalue weighted by atomic mass is 10.1. The number of hydrogen-bond donors (Lipinski definition) is 1. The largest absolute Gasteiger partial charge is 0.451 e. The highest BCUT2D eigenvalue weighted by Gasteiger charge is 2.14. The van der Waals surface area contributed by atoms with Gasteiger partial charge in [-0.1, -0.05) is 0 Å². The Morgan fingerprint density at radius 3 is 2.54 bits per heavy atom. The molecule has 0 aliphatic heterocycles. The fraction of sp³-hybridized carbons (Fsp3) is 0.235. The van der Waals surface area contributed by atoms with Crippen molar-refractivity contribution >= 4 is 29.3 Å². The number of thiocyanates is 1. The first kappa shape index (κ1) is 17.6. The zero-order valence-corrected chi connectivity index (χ0v) is 14.4. The van der Waals surface area contributed by atoms with Crippen LogP contribution in [0.15, 0.2) is 35.4 Å². The minimum atomic E-state index is -0.549. The summed E-state index contributed by atoms with van der Waals surface area (Å²) in [6, 6.07) is 7.00. The predicted octanol–water partition coefficient (Wildman–Crippen LogP) is 3.01. The van der Waals surface area contributed by atoms with Gasteiger partial charge in [-0.3, -0.25) is 4.79 Å². The molecular formula is C17H17N3O3S. The average Bonchev–Trinajstić information content (AvgIpc) is 2.95. The molecule has 6 nitrogen and oxygen atoms in total. The summed E-state index contributed by atoms with van der Waals surface area (Å²) >= 11 is 1.07. The van der Waals surface area contributed by atoms with E-state index in [1.807, 2.05) is 31.4 Å². The average molecular weight is 343 g/mol. The smallest absolute Gasteiger partial charge is 0.355 e. The minimum absolute atomic E-state index is 0.364. The lowest BCUT2D eigenvalue weighted by molar-refractivity contribution is -0.119. The van der Waals surface area contributed by atoms with E-state index in [9.17, 15) is 9.59 Å². The number of carbonyl (C=O) groups is 2. The molecule has 0 saturated carbocycles. The maximum Gasteiger partial charge on any atom is 0.355 e. The summed E-state index contributed by atoms with van der Waals surface area (Å²) in [7, 11) is 1.73. The number of nitriles is 1. The van der Waals surface area contributed by atoms with Crippen LogP contribution in [0.25, 0.3) is 0 Å². The Hall–Kier alpha value is -2.72. The molecule has 7 heteroatoms. The van der Waals surface area contributed by atoms with Crippen molar-refractivity contribution in [2.24, 2.45) is 7.05 Å². The van der Waals surface area contributed by atoms with Gasteiger partial charge >= 0.3 is 5.97 Å². The number of aryl methyl sites for hydroxylation is 3. The van der Waals surface area contributed by atoms with E-state index in [1.54, 1.807) is 29.9 Å². The molecule has 2 aromatic rings. The SMILES string of the molecule is Cc1cc(SC#N)cc(C)c1NC(=O)COC(=O)c1cccn1C. The molecule has 1 aromatic heterocycles. The van der Waals surface area contributed by atoms with Crippen LogP contribution in [-0.2, 0) is 16.6 Å². The van der Waals surface area contributed by atoms with Crippen molar-refractivity contribution in [1.29, 1.82) is 5.26 Å². The van der Waals surface area contributed by atoms with Crippen molar-refractivity contribution in [3.05, 3.63) is 47.3 Å². The number of nitrogens with one attached hydrogen (secondary N) is 1. The Morgan fingerprint density at radius 1 is 1.33 bits per heavy atom. The molecule has 0 spiro atoms. The van der Waals surface area contributed by atoms with Crippen LogP contribution in [0.1, 0.15) is 21.6 Å². The summed E-state index contributed by atoms with van der Waals surface area (Å²) in [5, 5.41) is 13.5. The Balaban J connectivity index is 1.99. The highest BCUT2D eigenvalue weighted by molar-refractivity contribution is 8.03. The highest BCUT2D eigenvalue weighted by atomic mass is 32.2. The molecular weight excluding hydrogens is 326 g/mol. The number of rotatable bonds is 5. The van der Waals surface area contributed by atoms with E-state index < -0.39 is 11.9 Å². The highest BCUT2D eigenvalue weighted by Crippen LogP contribution is 2.27. The van der Waals surface area contributed by atoms with Crippen molar-refractivity contribution in [1.82, 2.24) is 4.57 Å². The second-order valence-corrected chi connectivity index (χ2v) is 6.11. The third-order valence-corrected chi connectivity index (χ3v) is 3.98. The van der Waals surface area contributed by atoms with Gasteiger partial charge in [0.15, 0.2) is 6.61 Å². The molecule has 0 radical (unpaired) electrons. The summed E-state index contributed by atoms with van der Waals surface area (Å²) in [4.78, 5) is 24.7. The third-order valence-electron chi connectivity index (χ3n) is 3.42. The van der Waals surface area contributed by atoms with Gasteiger partial charge in [-0.05, 0) is 61.0 Å². The number of thioether (sulfide) groups is 1. The second-order valence-electron chi connectivity index (χ2n) is 5.25. The summed E-state index contributed by atoms with van der Waals surface area (Å²) in [6.45, 7) is 3.33. The fourth-order valence-corrected chi connectivity index (χ4v) is 2.86. The van der Waals surface area contributed by atoms with E-state index in [2.05, 4.69) is 5.32 Å². The van der Waals surface area contributed by atoms with Crippen LogP contribution in [0.2, 0.25) is 0 Å². The zero-order chi connectivity index (χ0) is 17.7. The number of anilines is 1. The first-order valence-electron chi connectivity index (χ1n) is 7.18. The molecule has 24 heavy (non-hydrogen) atoms. The van der Waals surface area contributed by atoms with Crippen LogP contribution in [-0.4, -0.2) is 23.1 Å². The molecule has 1 aromatic carbocycles. The van der Waals surface area contributed by atoms with E-state index in [0.717, 1.165) is 27.8 Å². The Morgan fingerprint density at radius 2 is 2.00 bits per heavy atom. The van der Waals surface area contributed by atoms with Gasteiger partial charge < -0.3 is 14.6 Å². The molecule has 0 aliphatic rings. The van der Waals surface area contributed by atoms with E-state index in [4.69, 9.17) is 10.00 Å². The van der Waals surface area contributed by atoms with E-state index in [1.165, 1.54) is 0 Å². The van der Waals surface area contributed by atoms with E-state index in [0.29, 0.717) is 11.4 Å².